The third-order valence-corrected chi connectivity index (χ3v) is 7.21. The largest absolute Gasteiger partial charge is 0.335 e. The molecule has 5 heteroatoms. The molecule has 160 valence electrons. The highest BCUT2D eigenvalue weighted by molar-refractivity contribution is 6.30. The number of rotatable bonds is 4. The zero-order valence-electron chi connectivity index (χ0n) is 18.3. The first-order chi connectivity index (χ1) is 15.1. The third-order valence-electron chi connectivity index (χ3n) is 6.97. The van der Waals surface area contributed by atoms with E-state index in [1.54, 1.807) is 0 Å². The maximum Gasteiger partial charge on any atom is 0.105 e. The number of piperidine rings is 1. The average molecular weight is 433 g/mol. The van der Waals surface area contributed by atoms with E-state index in [-0.39, 0.29) is 0 Å². The number of pyridine rings is 1. The van der Waals surface area contributed by atoms with Gasteiger partial charge in [0.1, 0.15) is 5.82 Å². The summed E-state index contributed by atoms with van der Waals surface area (Å²) in [6.07, 6.45) is 11.5. The Morgan fingerprint density at radius 2 is 1.94 bits per heavy atom. The molecular weight excluding hydrogens is 404 g/mol. The fourth-order valence-electron chi connectivity index (χ4n) is 5.23. The van der Waals surface area contributed by atoms with Crippen molar-refractivity contribution >= 4 is 23.3 Å². The number of aromatic nitrogens is 3. The molecule has 5 rings (SSSR count). The van der Waals surface area contributed by atoms with Gasteiger partial charge in [-0.3, -0.25) is 4.98 Å². The molecule has 0 spiro atoms. The van der Waals surface area contributed by atoms with Crippen LogP contribution in [0.4, 0.5) is 0 Å². The Kier molecular flexibility index (Phi) is 5.68. The minimum absolute atomic E-state index is 0.306. The van der Waals surface area contributed by atoms with E-state index in [1.165, 1.54) is 40.8 Å². The molecule has 0 saturated carbocycles. The van der Waals surface area contributed by atoms with Crippen molar-refractivity contribution < 1.29 is 0 Å². The van der Waals surface area contributed by atoms with E-state index in [0.717, 1.165) is 36.9 Å². The average Bonchev–Trinajstić information content (AvgIpc) is 3.13. The van der Waals surface area contributed by atoms with Gasteiger partial charge in [0.2, 0.25) is 0 Å². The molecule has 1 aliphatic carbocycles. The Labute approximate surface area is 189 Å². The number of hydrogen-bond acceptors (Lipinski definition) is 3. The van der Waals surface area contributed by atoms with Crippen LogP contribution >= 0.6 is 11.6 Å². The van der Waals surface area contributed by atoms with Gasteiger partial charge in [-0.05, 0) is 98.8 Å². The SMILES string of the molecule is Cc1nccn1CCC1=Cc2cccnc2C(C2CCN(C)CC2)c2ccc(Cl)cc21. The molecule has 1 atom stereocenters. The van der Waals surface area contributed by atoms with E-state index < -0.39 is 0 Å². The van der Waals surface area contributed by atoms with Crippen LogP contribution in [0.3, 0.4) is 0 Å². The zero-order chi connectivity index (χ0) is 21.4. The van der Waals surface area contributed by atoms with Crippen LogP contribution in [0, 0.1) is 12.8 Å². The highest BCUT2D eigenvalue weighted by Gasteiger charge is 2.33. The molecule has 3 aromatic rings. The van der Waals surface area contributed by atoms with Crippen LogP contribution in [0.1, 0.15) is 53.4 Å². The minimum atomic E-state index is 0.306. The van der Waals surface area contributed by atoms with Crippen molar-refractivity contribution in [3.63, 3.8) is 0 Å². The molecule has 1 fully saturated rings. The van der Waals surface area contributed by atoms with Gasteiger partial charge in [-0.15, -0.1) is 0 Å². The quantitative estimate of drug-likeness (QED) is 0.533. The molecule has 4 nitrogen and oxygen atoms in total. The third kappa shape index (κ3) is 4.07. The molecule has 1 saturated heterocycles. The molecule has 0 N–H and O–H groups in total. The lowest BCUT2D eigenvalue weighted by Crippen LogP contribution is -2.33. The van der Waals surface area contributed by atoms with Crippen molar-refractivity contribution in [2.45, 2.75) is 38.6 Å². The summed E-state index contributed by atoms with van der Waals surface area (Å²) in [5, 5.41) is 0.796. The van der Waals surface area contributed by atoms with Gasteiger partial charge in [0.05, 0.1) is 5.69 Å². The lowest BCUT2D eigenvalue weighted by atomic mass is 9.76. The summed E-state index contributed by atoms with van der Waals surface area (Å²) in [6.45, 7) is 5.25. The number of hydrogen-bond donors (Lipinski definition) is 0. The van der Waals surface area contributed by atoms with Crippen LogP contribution in [0.15, 0.2) is 48.9 Å². The molecule has 1 aromatic carbocycles. The van der Waals surface area contributed by atoms with E-state index >= 15 is 0 Å². The molecule has 2 aliphatic rings. The van der Waals surface area contributed by atoms with Crippen molar-refractivity contribution in [1.82, 2.24) is 19.4 Å². The van der Waals surface area contributed by atoms with Crippen LogP contribution in [0.5, 0.6) is 0 Å². The summed E-state index contributed by atoms with van der Waals surface area (Å²) < 4.78 is 2.22. The first kappa shape index (κ1) is 20.5. The second kappa shape index (κ2) is 8.60. The smallest absolute Gasteiger partial charge is 0.105 e. The molecule has 31 heavy (non-hydrogen) atoms. The van der Waals surface area contributed by atoms with Gasteiger partial charge in [-0.1, -0.05) is 23.7 Å². The Morgan fingerprint density at radius 3 is 2.71 bits per heavy atom. The normalized spacial score (nSPS) is 19.5. The Balaban J connectivity index is 1.60. The molecule has 1 unspecified atom stereocenters. The summed E-state index contributed by atoms with van der Waals surface area (Å²) in [5.41, 5.74) is 6.46. The fraction of sp³-hybridized carbons (Fsp3) is 0.385. The second-order valence-electron chi connectivity index (χ2n) is 8.92. The second-order valence-corrected chi connectivity index (χ2v) is 9.35. The van der Waals surface area contributed by atoms with Crippen LogP contribution in [-0.4, -0.2) is 39.6 Å². The summed E-state index contributed by atoms with van der Waals surface area (Å²) in [7, 11) is 2.22. The van der Waals surface area contributed by atoms with Crippen LogP contribution in [0.2, 0.25) is 5.02 Å². The van der Waals surface area contributed by atoms with E-state index in [2.05, 4.69) is 65.0 Å². The topological polar surface area (TPSA) is 34.0 Å². The number of allylic oxidation sites excluding steroid dienone is 1. The van der Waals surface area contributed by atoms with Crippen molar-refractivity contribution in [2.24, 2.45) is 5.92 Å². The highest BCUT2D eigenvalue weighted by Crippen LogP contribution is 2.45. The van der Waals surface area contributed by atoms with Gasteiger partial charge < -0.3 is 9.47 Å². The maximum absolute atomic E-state index is 6.52. The van der Waals surface area contributed by atoms with E-state index in [0.29, 0.717) is 11.8 Å². The molecule has 0 bridgehead atoms. The van der Waals surface area contributed by atoms with Crippen LogP contribution in [0.25, 0.3) is 11.6 Å². The van der Waals surface area contributed by atoms with Gasteiger partial charge in [-0.2, -0.15) is 0 Å². The number of fused-ring (bicyclic) bond motifs is 2. The van der Waals surface area contributed by atoms with E-state index in [1.807, 2.05) is 18.5 Å². The Morgan fingerprint density at radius 1 is 1.10 bits per heavy atom. The molecule has 0 amide bonds. The molecule has 3 heterocycles. The molecular formula is C26H29ClN4. The van der Waals surface area contributed by atoms with Gasteiger partial charge in [0.15, 0.2) is 0 Å². The first-order valence-corrected chi connectivity index (χ1v) is 11.6. The number of imidazole rings is 1. The maximum atomic E-state index is 6.52. The van der Waals surface area contributed by atoms with Gasteiger partial charge >= 0.3 is 0 Å². The molecule has 0 radical (unpaired) electrons. The van der Waals surface area contributed by atoms with Crippen LogP contribution < -0.4 is 0 Å². The molecule has 2 aromatic heterocycles. The monoisotopic (exact) mass is 432 g/mol. The van der Waals surface area contributed by atoms with Gasteiger partial charge in [-0.25, -0.2) is 4.98 Å². The zero-order valence-corrected chi connectivity index (χ0v) is 19.0. The highest BCUT2D eigenvalue weighted by atomic mass is 35.5. The summed E-state index contributed by atoms with van der Waals surface area (Å²) in [6, 6.07) is 10.7. The van der Waals surface area contributed by atoms with Crippen LogP contribution in [-0.2, 0) is 6.54 Å². The lowest BCUT2D eigenvalue weighted by molar-refractivity contribution is 0.206. The number of benzene rings is 1. The predicted molar refractivity (Wildman–Crippen MR) is 127 cm³/mol. The molecule has 1 aliphatic heterocycles. The first-order valence-electron chi connectivity index (χ1n) is 11.2. The number of nitrogens with zero attached hydrogens (tertiary/aromatic N) is 4. The van der Waals surface area contributed by atoms with E-state index in [9.17, 15) is 0 Å². The summed E-state index contributed by atoms with van der Waals surface area (Å²) >= 11 is 6.52. The predicted octanol–water partition coefficient (Wildman–Crippen LogP) is 5.66. The summed E-state index contributed by atoms with van der Waals surface area (Å²) in [4.78, 5) is 11.7. The minimum Gasteiger partial charge on any atom is -0.335 e. The van der Waals surface area contributed by atoms with Gasteiger partial charge in [0, 0.05) is 36.1 Å². The van der Waals surface area contributed by atoms with Crippen molar-refractivity contribution in [3.05, 3.63) is 82.2 Å². The number of likely N-dealkylation sites (tertiary alicyclic amines) is 1. The number of halogens is 1. The number of aryl methyl sites for hydroxylation is 2. The Hall–Kier alpha value is -2.43. The summed E-state index contributed by atoms with van der Waals surface area (Å²) in [5.74, 6) is 1.95. The standard InChI is InChI=1S/C26H29ClN4/c1-18-28-11-15-31(18)14-9-20-16-21-4-3-10-29-26(21)25(19-7-12-30(2)13-8-19)23-6-5-22(27)17-24(20)23/h3-6,10-11,15-17,19,25H,7-9,12-14H2,1-2H3. The van der Waals surface area contributed by atoms with Crippen molar-refractivity contribution in [2.75, 3.05) is 20.1 Å². The Bertz CT molecular complexity index is 1110. The van der Waals surface area contributed by atoms with Crippen molar-refractivity contribution in [1.29, 1.82) is 0 Å². The van der Waals surface area contributed by atoms with Gasteiger partial charge in [0.25, 0.3) is 0 Å². The van der Waals surface area contributed by atoms with E-state index in [4.69, 9.17) is 16.6 Å². The lowest BCUT2D eigenvalue weighted by Gasteiger charge is -2.35. The fourth-order valence-corrected chi connectivity index (χ4v) is 5.40. The van der Waals surface area contributed by atoms with Crippen molar-refractivity contribution in [3.8, 4) is 0 Å².